The van der Waals surface area contributed by atoms with Crippen LogP contribution in [0.2, 0.25) is 0 Å². The number of benzene rings is 1. The summed E-state index contributed by atoms with van der Waals surface area (Å²) in [5.74, 6) is 2.69. The molecule has 6 nitrogen and oxygen atoms in total. The van der Waals surface area contributed by atoms with Crippen LogP contribution in [0.5, 0.6) is 11.5 Å². The Kier molecular flexibility index (Phi) is 3.23. The van der Waals surface area contributed by atoms with Crippen molar-refractivity contribution in [3.05, 3.63) is 36.0 Å². The van der Waals surface area contributed by atoms with E-state index in [9.17, 15) is 0 Å². The molecule has 1 fully saturated rings. The second-order valence-corrected chi connectivity index (χ2v) is 5.41. The maximum Gasteiger partial charge on any atom is 0.228 e. The molecule has 1 N–H and O–H groups in total. The quantitative estimate of drug-likeness (QED) is 0.929. The van der Waals surface area contributed by atoms with Crippen molar-refractivity contribution >= 4 is 0 Å². The van der Waals surface area contributed by atoms with Crippen LogP contribution in [0.4, 0.5) is 0 Å². The molecule has 0 saturated carbocycles. The number of nitrogens with one attached hydrogen (secondary N) is 1. The van der Waals surface area contributed by atoms with Crippen molar-refractivity contribution < 1.29 is 14.0 Å². The highest BCUT2D eigenvalue weighted by Crippen LogP contribution is 2.35. The van der Waals surface area contributed by atoms with E-state index in [1.807, 2.05) is 24.3 Å². The van der Waals surface area contributed by atoms with Gasteiger partial charge >= 0.3 is 0 Å². The molecule has 3 heterocycles. The Morgan fingerprint density at radius 3 is 3.00 bits per heavy atom. The van der Waals surface area contributed by atoms with Gasteiger partial charge in [-0.2, -0.15) is 4.98 Å². The Hall–Kier alpha value is -2.08. The van der Waals surface area contributed by atoms with Gasteiger partial charge in [-0.05, 0) is 31.5 Å². The predicted molar refractivity (Wildman–Crippen MR) is 74.3 cm³/mol. The van der Waals surface area contributed by atoms with Crippen LogP contribution in [-0.4, -0.2) is 29.3 Å². The number of para-hydroxylation sites is 2. The fraction of sp³-hybridized carbons (Fsp3) is 0.467. The first-order chi connectivity index (χ1) is 10.4. The van der Waals surface area contributed by atoms with E-state index < -0.39 is 0 Å². The molecule has 2 aromatic rings. The average Bonchev–Trinajstić information content (AvgIpc) is 3.19. The third-order valence-electron chi connectivity index (χ3n) is 3.86. The molecule has 4 rings (SSSR count). The molecule has 110 valence electrons. The predicted octanol–water partition coefficient (Wildman–Crippen LogP) is 1.88. The second kappa shape index (κ2) is 5.37. The second-order valence-electron chi connectivity index (χ2n) is 5.41. The Bertz CT molecular complexity index is 622. The lowest BCUT2D eigenvalue weighted by Gasteiger charge is -2.24. The summed E-state index contributed by atoms with van der Waals surface area (Å²) in [6.45, 7) is 1.47. The Morgan fingerprint density at radius 2 is 2.14 bits per heavy atom. The number of nitrogens with zero attached hydrogens (tertiary/aromatic N) is 2. The van der Waals surface area contributed by atoms with E-state index >= 15 is 0 Å². The van der Waals surface area contributed by atoms with Crippen molar-refractivity contribution in [2.24, 2.45) is 0 Å². The average molecular weight is 287 g/mol. The molecule has 2 aliphatic heterocycles. The van der Waals surface area contributed by atoms with Crippen LogP contribution in [0.25, 0.3) is 0 Å². The molecule has 6 heteroatoms. The van der Waals surface area contributed by atoms with E-state index in [1.165, 1.54) is 6.42 Å². The highest BCUT2D eigenvalue weighted by Gasteiger charge is 2.27. The Balaban J connectivity index is 1.46. The molecular weight excluding hydrogens is 270 g/mol. The smallest absolute Gasteiger partial charge is 0.228 e. The standard InChI is InChI=1S/C15H17N3O3/c1-2-6-12-11(5-1)19-9-13(20-12)15-17-14(21-18-15)8-10-4-3-7-16-10/h1-2,5-6,10,13,16H,3-4,7-9H2. The number of hydrogen-bond acceptors (Lipinski definition) is 6. The molecule has 1 aromatic carbocycles. The van der Waals surface area contributed by atoms with Gasteiger partial charge in [0.2, 0.25) is 11.7 Å². The lowest BCUT2D eigenvalue weighted by atomic mass is 10.1. The minimum absolute atomic E-state index is 0.311. The first-order valence-corrected chi connectivity index (χ1v) is 7.33. The lowest BCUT2D eigenvalue weighted by Crippen LogP contribution is -2.24. The van der Waals surface area contributed by atoms with Gasteiger partial charge in [0.1, 0.15) is 6.61 Å². The molecule has 1 aromatic heterocycles. The van der Waals surface area contributed by atoms with E-state index in [2.05, 4.69) is 15.5 Å². The number of fused-ring (bicyclic) bond motifs is 1. The van der Waals surface area contributed by atoms with E-state index in [4.69, 9.17) is 14.0 Å². The molecular formula is C15H17N3O3. The van der Waals surface area contributed by atoms with Crippen molar-refractivity contribution in [1.82, 2.24) is 15.5 Å². The molecule has 1 saturated heterocycles. The van der Waals surface area contributed by atoms with Gasteiger partial charge < -0.3 is 19.3 Å². The number of aromatic nitrogens is 2. The van der Waals surface area contributed by atoms with Gasteiger partial charge in [0.05, 0.1) is 0 Å². The molecule has 0 spiro atoms. The SMILES string of the molecule is c1ccc2c(c1)OCC(c1noc(CC3CCCN3)n1)O2. The normalized spacial score (nSPS) is 24.2. The van der Waals surface area contributed by atoms with Gasteiger partial charge in [0, 0.05) is 12.5 Å². The number of hydrogen-bond donors (Lipinski definition) is 1. The van der Waals surface area contributed by atoms with Crippen molar-refractivity contribution in [1.29, 1.82) is 0 Å². The molecule has 2 unspecified atom stereocenters. The van der Waals surface area contributed by atoms with E-state index in [0.717, 1.165) is 30.9 Å². The number of rotatable bonds is 3. The fourth-order valence-corrected chi connectivity index (χ4v) is 2.77. The van der Waals surface area contributed by atoms with Crippen LogP contribution in [-0.2, 0) is 6.42 Å². The summed E-state index contributed by atoms with van der Waals surface area (Å²) < 4.78 is 16.9. The van der Waals surface area contributed by atoms with E-state index in [-0.39, 0.29) is 6.10 Å². The van der Waals surface area contributed by atoms with Gasteiger partial charge in [0.15, 0.2) is 17.6 Å². The van der Waals surface area contributed by atoms with Gasteiger partial charge in [-0.15, -0.1) is 0 Å². The van der Waals surface area contributed by atoms with Gasteiger partial charge in [0.25, 0.3) is 0 Å². The summed E-state index contributed by atoms with van der Waals surface area (Å²) in [6.07, 6.45) is 2.83. The third-order valence-corrected chi connectivity index (χ3v) is 3.86. The number of ether oxygens (including phenoxy) is 2. The lowest BCUT2D eigenvalue weighted by molar-refractivity contribution is 0.0832. The van der Waals surface area contributed by atoms with Crippen molar-refractivity contribution in [3.8, 4) is 11.5 Å². The zero-order valence-corrected chi connectivity index (χ0v) is 11.6. The minimum atomic E-state index is -0.311. The summed E-state index contributed by atoms with van der Waals surface area (Å²) in [5.41, 5.74) is 0. The Labute approximate surface area is 122 Å². The summed E-state index contributed by atoms with van der Waals surface area (Å²) >= 11 is 0. The molecule has 2 aliphatic rings. The maximum atomic E-state index is 5.88. The molecule has 0 aliphatic carbocycles. The Morgan fingerprint density at radius 1 is 1.24 bits per heavy atom. The minimum Gasteiger partial charge on any atom is -0.485 e. The van der Waals surface area contributed by atoms with Crippen molar-refractivity contribution in [2.45, 2.75) is 31.4 Å². The van der Waals surface area contributed by atoms with Gasteiger partial charge in [-0.1, -0.05) is 17.3 Å². The fourth-order valence-electron chi connectivity index (χ4n) is 2.77. The first kappa shape index (κ1) is 12.6. The summed E-state index contributed by atoms with van der Waals surface area (Å²) in [5, 5.41) is 7.46. The van der Waals surface area contributed by atoms with Crippen LogP contribution >= 0.6 is 0 Å². The monoisotopic (exact) mass is 287 g/mol. The third kappa shape index (κ3) is 2.58. The molecule has 0 amide bonds. The molecule has 21 heavy (non-hydrogen) atoms. The highest BCUT2D eigenvalue weighted by molar-refractivity contribution is 5.40. The van der Waals surface area contributed by atoms with Gasteiger partial charge in [-0.25, -0.2) is 0 Å². The van der Waals surface area contributed by atoms with Crippen molar-refractivity contribution in [3.63, 3.8) is 0 Å². The molecule has 0 radical (unpaired) electrons. The van der Waals surface area contributed by atoms with Crippen LogP contribution in [0.3, 0.4) is 0 Å². The topological polar surface area (TPSA) is 69.4 Å². The zero-order chi connectivity index (χ0) is 14.1. The van der Waals surface area contributed by atoms with E-state index in [0.29, 0.717) is 24.4 Å². The largest absolute Gasteiger partial charge is 0.485 e. The van der Waals surface area contributed by atoms with E-state index in [1.54, 1.807) is 0 Å². The first-order valence-electron chi connectivity index (χ1n) is 7.33. The summed E-state index contributed by atoms with van der Waals surface area (Å²) in [6, 6.07) is 8.05. The van der Waals surface area contributed by atoms with Gasteiger partial charge in [-0.3, -0.25) is 0 Å². The van der Waals surface area contributed by atoms with Crippen LogP contribution in [0.1, 0.15) is 30.7 Å². The van der Waals surface area contributed by atoms with Crippen LogP contribution in [0.15, 0.2) is 28.8 Å². The summed E-state index contributed by atoms with van der Waals surface area (Å²) in [7, 11) is 0. The summed E-state index contributed by atoms with van der Waals surface area (Å²) in [4.78, 5) is 4.45. The maximum absolute atomic E-state index is 5.88. The molecule has 0 bridgehead atoms. The highest BCUT2D eigenvalue weighted by atomic mass is 16.6. The van der Waals surface area contributed by atoms with Crippen molar-refractivity contribution in [2.75, 3.05) is 13.2 Å². The van der Waals surface area contributed by atoms with Crippen LogP contribution in [0, 0.1) is 0 Å². The van der Waals surface area contributed by atoms with Crippen LogP contribution < -0.4 is 14.8 Å². The molecule has 2 atom stereocenters. The zero-order valence-electron chi connectivity index (χ0n) is 11.6.